The Hall–Kier alpha value is -0.830. The minimum Gasteiger partial charge on any atom is -0.411 e. The van der Waals surface area contributed by atoms with Gasteiger partial charge in [0.2, 0.25) is 0 Å². The second-order valence-electron chi connectivity index (χ2n) is 5.52. The van der Waals surface area contributed by atoms with Gasteiger partial charge in [-0.1, -0.05) is 19.0 Å². The predicted octanol–water partition coefficient (Wildman–Crippen LogP) is 2.26. The van der Waals surface area contributed by atoms with Crippen molar-refractivity contribution in [1.82, 2.24) is 0 Å². The van der Waals surface area contributed by atoms with Crippen LogP contribution >= 0.6 is 0 Å². The SMILES string of the molecule is CC1(C)[C@H]2CC[C@]1(OS(=O)(=O)C(F)(F)F)/C(=N/O)C2. The zero-order valence-electron chi connectivity index (χ0n) is 10.4. The number of hydrogen-bond donors (Lipinski definition) is 1. The van der Waals surface area contributed by atoms with Crippen molar-refractivity contribution < 1.29 is 31.0 Å². The normalized spacial score (nSPS) is 36.1. The molecular formula is C10H14F3NO4S. The lowest BCUT2D eigenvalue weighted by Crippen LogP contribution is -2.49. The van der Waals surface area contributed by atoms with E-state index < -0.39 is 26.6 Å². The van der Waals surface area contributed by atoms with Crippen LogP contribution in [0.25, 0.3) is 0 Å². The first kappa shape index (κ1) is 14.6. The topological polar surface area (TPSA) is 76.0 Å². The summed E-state index contributed by atoms with van der Waals surface area (Å²) in [5, 5.41) is 11.9. The Balaban J connectivity index is 2.47. The zero-order chi connectivity index (χ0) is 14.7. The molecular weight excluding hydrogens is 287 g/mol. The molecule has 0 aromatic carbocycles. The van der Waals surface area contributed by atoms with E-state index in [1.54, 1.807) is 13.8 Å². The molecule has 0 amide bonds. The maximum Gasteiger partial charge on any atom is 0.523 e. The molecule has 0 heterocycles. The highest BCUT2D eigenvalue weighted by Crippen LogP contribution is 2.61. The number of rotatable bonds is 2. The van der Waals surface area contributed by atoms with Crippen molar-refractivity contribution in [3.63, 3.8) is 0 Å². The molecule has 110 valence electrons. The molecule has 2 rings (SSSR count). The van der Waals surface area contributed by atoms with E-state index in [9.17, 15) is 21.6 Å². The third kappa shape index (κ3) is 1.78. The second-order valence-corrected chi connectivity index (χ2v) is 7.06. The van der Waals surface area contributed by atoms with Crippen LogP contribution in [0.4, 0.5) is 13.2 Å². The van der Waals surface area contributed by atoms with Gasteiger partial charge in [0.05, 0.1) is 5.71 Å². The number of halogens is 3. The van der Waals surface area contributed by atoms with Gasteiger partial charge in [0.1, 0.15) is 5.60 Å². The molecule has 9 heteroatoms. The highest BCUT2D eigenvalue weighted by Gasteiger charge is 2.68. The van der Waals surface area contributed by atoms with Crippen molar-refractivity contribution in [2.24, 2.45) is 16.5 Å². The standard InChI is InChI=1S/C10H14F3NO4S/c1-8(2)6-3-4-9(8,7(5-6)14-15)18-19(16,17)10(11,12)13/h6,15H,3-5H2,1-2H3/b14-7+/t6-,9-/m0/s1. The zero-order valence-corrected chi connectivity index (χ0v) is 11.2. The van der Waals surface area contributed by atoms with E-state index in [1.165, 1.54) is 0 Å². The molecule has 2 bridgehead atoms. The molecule has 2 aliphatic carbocycles. The fraction of sp³-hybridized carbons (Fsp3) is 0.900. The van der Waals surface area contributed by atoms with Gasteiger partial charge < -0.3 is 5.21 Å². The summed E-state index contributed by atoms with van der Waals surface area (Å²) in [5.74, 6) is -0.0539. The summed E-state index contributed by atoms with van der Waals surface area (Å²) in [6, 6.07) is 0. The lowest BCUT2D eigenvalue weighted by Gasteiger charge is -2.36. The maximum absolute atomic E-state index is 12.5. The molecule has 0 aromatic rings. The van der Waals surface area contributed by atoms with Gasteiger partial charge in [-0.05, 0) is 25.2 Å². The quantitative estimate of drug-likeness (QED) is 0.367. The van der Waals surface area contributed by atoms with Crippen LogP contribution in [-0.2, 0) is 14.3 Å². The van der Waals surface area contributed by atoms with E-state index in [0.29, 0.717) is 6.42 Å². The molecule has 19 heavy (non-hydrogen) atoms. The van der Waals surface area contributed by atoms with Gasteiger partial charge >= 0.3 is 15.6 Å². The molecule has 5 nitrogen and oxygen atoms in total. The number of nitrogens with zero attached hydrogens (tertiary/aromatic N) is 1. The summed E-state index contributed by atoms with van der Waals surface area (Å²) >= 11 is 0. The number of oxime groups is 1. The second kappa shape index (κ2) is 3.85. The Morgan fingerprint density at radius 1 is 1.42 bits per heavy atom. The van der Waals surface area contributed by atoms with Crippen molar-refractivity contribution in [2.75, 3.05) is 0 Å². The average molecular weight is 301 g/mol. The molecule has 2 aliphatic rings. The monoisotopic (exact) mass is 301 g/mol. The van der Waals surface area contributed by atoms with E-state index in [0.717, 1.165) is 0 Å². The summed E-state index contributed by atoms with van der Waals surface area (Å²) in [6.45, 7) is 3.27. The Morgan fingerprint density at radius 2 is 2.00 bits per heavy atom. The summed E-state index contributed by atoms with van der Waals surface area (Å²) < 4.78 is 64.5. The van der Waals surface area contributed by atoms with Crippen LogP contribution in [-0.4, -0.2) is 30.4 Å². The largest absolute Gasteiger partial charge is 0.523 e. The van der Waals surface area contributed by atoms with Crippen LogP contribution in [0.1, 0.15) is 33.1 Å². The highest BCUT2D eigenvalue weighted by atomic mass is 32.2. The van der Waals surface area contributed by atoms with Gasteiger partial charge in [0.25, 0.3) is 0 Å². The summed E-state index contributed by atoms with van der Waals surface area (Å²) in [7, 11) is -5.73. The minimum absolute atomic E-state index is 0.0263. The van der Waals surface area contributed by atoms with Gasteiger partial charge in [-0.15, -0.1) is 0 Å². The molecule has 1 N–H and O–H groups in total. The Bertz CT molecular complexity index is 525. The predicted molar refractivity (Wildman–Crippen MR) is 59.1 cm³/mol. The fourth-order valence-electron chi connectivity index (χ4n) is 3.22. The Morgan fingerprint density at radius 3 is 2.42 bits per heavy atom. The lowest BCUT2D eigenvalue weighted by molar-refractivity contribution is -0.0665. The summed E-state index contributed by atoms with van der Waals surface area (Å²) in [4.78, 5) is 0. The average Bonchev–Trinajstić information content (AvgIpc) is 2.59. The first-order valence-corrected chi connectivity index (χ1v) is 7.12. The van der Waals surface area contributed by atoms with Gasteiger partial charge in [0.15, 0.2) is 0 Å². The van der Waals surface area contributed by atoms with Crippen LogP contribution in [0.3, 0.4) is 0 Å². The molecule has 2 fully saturated rings. The van der Waals surface area contributed by atoms with Crippen LogP contribution in [0, 0.1) is 11.3 Å². The molecule has 0 radical (unpaired) electrons. The van der Waals surface area contributed by atoms with Gasteiger partial charge in [-0.3, -0.25) is 0 Å². The fourth-order valence-corrected chi connectivity index (χ4v) is 4.08. The van der Waals surface area contributed by atoms with Crippen molar-refractivity contribution in [3.8, 4) is 0 Å². The van der Waals surface area contributed by atoms with Crippen LogP contribution in [0.15, 0.2) is 5.16 Å². The Labute approximate surface area is 108 Å². The third-order valence-electron chi connectivity index (χ3n) is 4.47. The lowest BCUT2D eigenvalue weighted by atomic mass is 9.78. The molecule has 2 atom stereocenters. The molecule has 0 spiro atoms. The maximum atomic E-state index is 12.5. The van der Waals surface area contributed by atoms with E-state index in [-0.39, 0.29) is 24.5 Å². The minimum atomic E-state index is -5.73. The first-order valence-electron chi connectivity index (χ1n) is 5.71. The summed E-state index contributed by atoms with van der Waals surface area (Å²) in [6.07, 6.45) is 0.885. The van der Waals surface area contributed by atoms with Crippen LogP contribution < -0.4 is 0 Å². The molecule has 0 saturated heterocycles. The Kier molecular flexibility index (Phi) is 2.95. The summed E-state index contributed by atoms with van der Waals surface area (Å²) in [5.41, 5.74) is -8.03. The molecule has 2 saturated carbocycles. The van der Waals surface area contributed by atoms with Gasteiger partial charge in [0, 0.05) is 5.41 Å². The van der Waals surface area contributed by atoms with E-state index >= 15 is 0 Å². The van der Waals surface area contributed by atoms with Crippen LogP contribution in [0.5, 0.6) is 0 Å². The van der Waals surface area contributed by atoms with E-state index in [2.05, 4.69) is 9.34 Å². The molecule has 0 unspecified atom stereocenters. The highest BCUT2D eigenvalue weighted by molar-refractivity contribution is 7.87. The number of hydrogen-bond acceptors (Lipinski definition) is 5. The first-order chi connectivity index (χ1) is 8.48. The van der Waals surface area contributed by atoms with E-state index in [1.807, 2.05) is 0 Å². The van der Waals surface area contributed by atoms with Crippen molar-refractivity contribution in [2.45, 2.75) is 44.2 Å². The van der Waals surface area contributed by atoms with E-state index in [4.69, 9.17) is 5.21 Å². The van der Waals surface area contributed by atoms with Crippen molar-refractivity contribution in [3.05, 3.63) is 0 Å². The third-order valence-corrected chi connectivity index (χ3v) is 5.54. The smallest absolute Gasteiger partial charge is 0.411 e. The number of alkyl halides is 3. The van der Waals surface area contributed by atoms with Crippen LogP contribution in [0.2, 0.25) is 0 Å². The van der Waals surface area contributed by atoms with Crippen molar-refractivity contribution >= 4 is 15.8 Å². The van der Waals surface area contributed by atoms with Gasteiger partial charge in [-0.2, -0.15) is 21.6 Å². The number of fused-ring (bicyclic) bond motifs is 2. The van der Waals surface area contributed by atoms with Crippen molar-refractivity contribution in [1.29, 1.82) is 0 Å². The molecule has 0 aliphatic heterocycles. The molecule has 0 aromatic heterocycles. The van der Waals surface area contributed by atoms with Gasteiger partial charge in [-0.25, -0.2) is 4.18 Å².